The molecule has 5 atom stereocenters. The van der Waals surface area contributed by atoms with E-state index in [2.05, 4.69) is 20.8 Å². The predicted molar refractivity (Wildman–Crippen MR) is 103 cm³/mol. The molecule has 2 bridgehead atoms. The quantitative estimate of drug-likeness (QED) is 0.678. The first-order valence-electron chi connectivity index (χ1n) is 9.92. The van der Waals surface area contributed by atoms with Gasteiger partial charge in [-0.05, 0) is 37.2 Å². The number of carbonyl (C=O) groups excluding carboxylic acids is 3. The van der Waals surface area contributed by atoms with Gasteiger partial charge in [0, 0.05) is 24.8 Å². The molecular weight excluding hydrogens is 344 g/mol. The normalized spacial score (nSPS) is 31.8. The Labute approximate surface area is 162 Å². The summed E-state index contributed by atoms with van der Waals surface area (Å²) in [7, 11) is 0. The van der Waals surface area contributed by atoms with E-state index < -0.39 is 12.0 Å². The van der Waals surface area contributed by atoms with Crippen LogP contribution >= 0.6 is 0 Å². The highest BCUT2D eigenvalue weighted by Crippen LogP contribution is 2.38. The summed E-state index contributed by atoms with van der Waals surface area (Å²) in [5, 5.41) is 0. The summed E-state index contributed by atoms with van der Waals surface area (Å²) in [4.78, 5) is 36.4. The Bertz CT molecular complexity index is 658. The van der Waals surface area contributed by atoms with Gasteiger partial charge in [-0.2, -0.15) is 0 Å². The first-order valence-corrected chi connectivity index (χ1v) is 9.92. The average Bonchev–Trinajstić information content (AvgIpc) is 2.91. The highest BCUT2D eigenvalue weighted by molar-refractivity contribution is 5.97. The van der Waals surface area contributed by atoms with Crippen molar-refractivity contribution in [1.82, 2.24) is 0 Å². The molecule has 1 aliphatic carbocycles. The lowest BCUT2D eigenvalue weighted by Gasteiger charge is -2.32. The molecule has 1 heterocycles. The second-order valence-electron chi connectivity index (χ2n) is 8.31. The molecule has 0 aromatic carbocycles. The first kappa shape index (κ1) is 21.4. The van der Waals surface area contributed by atoms with Crippen molar-refractivity contribution in [3.05, 3.63) is 23.3 Å². The van der Waals surface area contributed by atoms with Crippen molar-refractivity contribution in [2.45, 2.75) is 73.0 Å². The van der Waals surface area contributed by atoms with Gasteiger partial charge < -0.3 is 9.47 Å². The van der Waals surface area contributed by atoms with Crippen LogP contribution in [-0.2, 0) is 23.9 Å². The van der Waals surface area contributed by atoms with Gasteiger partial charge in [0.15, 0.2) is 5.78 Å². The van der Waals surface area contributed by atoms with Gasteiger partial charge in [-0.3, -0.25) is 9.59 Å². The van der Waals surface area contributed by atoms with Gasteiger partial charge in [-0.1, -0.05) is 39.8 Å². The smallest absolute Gasteiger partial charge is 0.334 e. The molecule has 0 spiro atoms. The summed E-state index contributed by atoms with van der Waals surface area (Å²) in [6.45, 7) is 11.3. The monoisotopic (exact) mass is 376 g/mol. The molecule has 0 aromatic heterocycles. The number of fused-ring (bicyclic) bond motifs is 2. The van der Waals surface area contributed by atoms with Gasteiger partial charge >= 0.3 is 11.9 Å². The van der Waals surface area contributed by atoms with Crippen molar-refractivity contribution >= 4 is 17.7 Å². The zero-order valence-corrected chi connectivity index (χ0v) is 17.3. The lowest BCUT2D eigenvalue weighted by molar-refractivity contribution is -0.149. The average molecular weight is 376 g/mol. The number of hydrogen-bond donors (Lipinski definition) is 0. The Kier molecular flexibility index (Phi) is 7.01. The van der Waals surface area contributed by atoms with Gasteiger partial charge in [0.25, 0.3) is 0 Å². The summed E-state index contributed by atoms with van der Waals surface area (Å²) in [6.07, 6.45) is 5.04. The second-order valence-corrected chi connectivity index (χ2v) is 8.31. The number of esters is 2. The maximum absolute atomic E-state index is 13.1. The van der Waals surface area contributed by atoms with E-state index >= 15 is 0 Å². The number of ketones is 1. The van der Waals surface area contributed by atoms with Crippen molar-refractivity contribution < 1.29 is 23.9 Å². The number of Topliss-reactive ketones (excluding diaryl/α,β-unsaturated/α-hetero) is 1. The van der Waals surface area contributed by atoms with Crippen LogP contribution in [-0.4, -0.2) is 29.9 Å². The van der Waals surface area contributed by atoms with E-state index in [0.29, 0.717) is 30.8 Å². The van der Waals surface area contributed by atoms with Gasteiger partial charge in [-0.15, -0.1) is 0 Å². The van der Waals surface area contributed by atoms with E-state index in [1.807, 2.05) is 12.2 Å². The second kappa shape index (κ2) is 8.85. The predicted octanol–water partition coefficient (Wildman–Crippen LogP) is 4.01. The maximum atomic E-state index is 13.1. The van der Waals surface area contributed by atoms with Crippen LogP contribution in [0.1, 0.15) is 60.8 Å². The van der Waals surface area contributed by atoms with Crippen molar-refractivity contribution in [2.24, 2.45) is 23.7 Å². The summed E-state index contributed by atoms with van der Waals surface area (Å²) in [5.41, 5.74) is 1.47. The molecule has 2 aliphatic rings. The number of rotatable bonds is 5. The SMILES string of the molecule is CC(=O)O[C@H](C)[C@@H](C)C(=O)/C1=C/C/C=C2\C[C@H](OC2=O)[C@@H](C(C)C)[C@@H](C)C1. The van der Waals surface area contributed by atoms with Crippen LogP contribution in [0, 0.1) is 23.7 Å². The molecule has 0 radical (unpaired) electrons. The molecular formula is C22H32O5. The molecule has 0 N–H and O–H groups in total. The number of hydrogen-bond acceptors (Lipinski definition) is 5. The van der Waals surface area contributed by atoms with E-state index in [1.54, 1.807) is 13.8 Å². The Balaban J connectivity index is 2.28. The maximum Gasteiger partial charge on any atom is 0.334 e. The van der Waals surface area contributed by atoms with E-state index in [-0.39, 0.29) is 35.7 Å². The zero-order valence-electron chi connectivity index (χ0n) is 17.3. The fourth-order valence-electron chi connectivity index (χ4n) is 4.37. The summed E-state index contributed by atoms with van der Waals surface area (Å²) < 4.78 is 10.9. The molecule has 0 unspecified atom stereocenters. The van der Waals surface area contributed by atoms with Gasteiger partial charge in [0.1, 0.15) is 12.2 Å². The third kappa shape index (κ3) is 5.08. The Hall–Kier alpha value is -1.91. The van der Waals surface area contributed by atoms with E-state index in [0.717, 1.165) is 5.57 Å². The third-order valence-electron chi connectivity index (χ3n) is 5.85. The Morgan fingerprint density at radius 3 is 2.41 bits per heavy atom. The van der Waals surface area contributed by atoms with Gasteiger partial charge in [0.05, 0.1) is 5.92 Å². The highest BCUT2D eigenvalue weighted by atomic mass is 16.6. The van der Waals surface area contributed by atoms with Crippen molar-refractivity contribution in [3.8, 4) is 0 Å². The number of ether oxygens (including phenoxy) is 2. The highest BCUT2D eigenvalue weighted by Gasteiger charge is 2.40. The fourth-order valence-corrected chi connectivity index (χ4v) is 4.37. The number of allylic oxidation sites excluding steroid dienone is 3. The van der Waals surface area contributed by atoms with Gasteiger partial charge in [-0.25, -0.2) is 4.79 Å². The van der Waals surface area contributed by atoms with Crippen LogP contribution < -0.4 is 0 Å². The molecule has 1 aliphatic heterocycles. The van der Waals surface area contributed by atoms with E-state index in [9.17, 15) is 14.4 Å². The summed E-state index contributed by atoms with van der Waals surface area (Å²) >= 11 is 0. The third-order valence-corrected chi connectivity index (χ3v) is 5.85. The van der Waals surface area contributed by atoms with Crippen molar-refractivity contribution in [2.75, 3.05) is 0 Å². The zero-order chi connectivity index (χ0) is 20.3. The minimum atomic E-state index is -0.470. The summed E-state index contributed by atoms with van der Waals surface area (Å²) in [5.74, 6) is -0.274. The van der Waals surface area contributed by atoms with Gasteiger partial charge in [0.2, 0.25) is 0 Å². The van der Waals surface area contributed by atoms with Crippen molar-refractivity contribution in [3.63, 3.8) is 0 Å². The molecule has 2 rings (SSSR count). The molecule has 1 fully saturated rings. The molecule has 0 aromatic rings. The molecule has 5 heteroatoms. The molecule has 27 heavy (non-hydrogen) atoms. The fraction of sp³-hybridized carbons (Fsp3) is 0.682. The van der Waals surface area contributed by atoms with E-state index in [1.165, 1.54) is 6.92 Å². The van der Waals surface area contributed by atoms with Crippen LogP contribution in [0.2, 0.25) is 0 Å². The molecule has 150 valence electrons. The molecule has 5 nitrogen and oxygen atoms in total. The van der Waals surface area contributed by atoms with Crippen LogP contribution in [0.3, 0.4) is 0 Å². The Morgan fingerprint density at radius 2 is 1.81 bits per heavy atom. The minimum absolute atomic E-state index is 0.0108. The van der Waals surface area contributed by atoms with Crippen LogP contribution in [0.4, 0.5) is 0 Å². The van der Waals surface area contributed by atoms with Crippen LogP contribution in [0.15, 0.2) is 23.3 Å². The Morgan fingerprint density at radius 1 is 1.15 bits per heavy atom. The lowest BCUT2D eigenvalue weighted by Crippen LogP contribution is -2.33. The van der Waals surface area contributed by atoms with Crippen LogP contribution in [0.5, 0.6) is 0 Å². The summed E-state index contributed by atoms with van der Waals surface area (Å²) in [6, 6.07) is 0. The van der Waals surface area contributed by atoms with Crippen LogP contribution in [0.25, 0.3) is 0 Å². The molecule has 0 amide bonds. The topological polar surface area (TPSA) is 69.7 Å². The van der Waals surface area contributed by atoms with E-state index in [4.69, 9.17) is 9.47 Å². The largest absolute Gasteiger partial charge is 0.462 e. The molecule has 0 saturated carbocycles. The minimum Gasteiger partial charge on any atom is -0.462 e. The first-order chi connectivity index (χ1) is 12.6. The lowest BCUT2D eigenvalue weighted by atomic mass is 9.74. The van der Waals surface area contributed by atoms with Crippen molar-refractivity contribution in [1.29, 1.82) is 0 Å². The molecule has 1 saturated heterocycles. The standard InChI is InChI=1S/C22H32O5/c1-12(2)20-13(3)10-17(21(24)14(4)15(5)26-16(6)23)8-7-9-18-11-19(20)27-22(18)25/h8-9,12-15,19-20H,7,10-11H2,1-6H3/b17-8+,18-9+/t13-,14+,15+,19-,20-/m0/s1. The number of carbonyl (C=O) groups is 3.